The molecule has 0 bridgehead atoms. The van der Waals surface area contributed by atoms with Gasteiger partial charge >= 0.3 is 0 Å². The summed E-state index contributed by atoms with van der Waals surface area (Å²) >= 11 is 1.76. The zero-order valence-electron chi connectivity index (χ0n) is 13.7. The third-order valence-electron chi connectivity index (χ3n) is 3.66. The van der Waals surface area contributed by atoms with Crippen LogP contribution in [0.15, 0.2) is 23.2 Å². The van der Waals surface area contributed by atoms with Crippen molar-refractivity contribution in [3.63, 3.8) is 0 Å². The summed E-state index contributed by atoms with van der Waals surface area (Å²) in [5.41, 5.74) is 10.6. The zero-order valence-corrected chi connectivity index (χ0v) is 14.5. The second-order valence-corrected chi connectivity index (χ2v) is 6.69. The first-order valence-corrected chi connectivity index (χ1v) is 8.40. The van der Waals surface area contributed by atoms with E-state index in [1.807, 2.05) is 6.07 Å². The maximum Gasteiger partial charge on any atom is 0.193 e. The second kappa shape index (κ2) is 7.40. The highest BCUT2D eigenvalue weighted by Crippen LogP contribution is 2.18. The molecule has 22 heavy (non-hydrogen) atoms. The SMILES string of the molecule is CCc1nc(CCN=C(N)Nc2ccc(C)c(C)c2)sc1C. The smallest absolute Gasteiger partial charge is 0.193 e. The summed E-state index contributed by atoms with van der Waals surface area (Å²) in [5, 5.41) is 4.27. The van der Waals surface area contributed by atoms with Crippen molar-refractivity contribution in [1.82, 2.24) is 4.98 Å². The van der Waals surface area contributed by atoms with E-state index in [4.69, 9.17) is 5.73 Å². The highest BCUT2D eigenvalue weighted by Gasteiger charge is 2.05. The van der Waals surface area contributed by atoms with E-state index in [0.29, 0.717) is 12.5 Å². The van der Waals surface area contributed by atoms with Crippen LogP contribution in [-0.4, -0.2) is 17.5 Å². The topological polar surface area (TPSA) is 63.3 Å². The van der Waals surface area contributed by atoms with Crippen molar-refractivity contribution >= 4 is 23.0 Å². The number of anilines is 1. The predicted octanol–water partition coefficient (Wildman–Crippen LogP) is 3.60. The molecule has 0 spiro atoms. The van der Waals surface area contributed by atoms with E-state index in [1.165, 1.54) is 21.7 Å². The lowest BCUT2D eigenvalue weighted by molar-refractivity contribution is 0.925. The van der Waals surface area contributed by atoms with Gasteiger partial charge in [-0.05, 0) is 50.5 Å². The number of thiazole rings is 1. The minimum absolute atomic E-state index is 0.451. The summed E-state index contributed by atoms with van der Waals surface area (Å²) in [4.78, 5) is 10.3. The molecule has 0 fully saturated rings. The molecule has 0 saturated carbocycles. The number of nitrogens with zero attached hydrogens (tertiary/aromatic N) is 2. The largest absolute Gasteiger partial charge is 0.370 e. The molecule has 2 rings (SSSR count). The second-order valence-electron chi connectivity index (χ2n) is 5.41. The van der Waals surface area contributed by atoms with Gasteiger partial charge in [0.2, 0.25) is 0 Å². The summed E-state index contributed by atoms with van der Waals surface area (Å²) in [6, 6.07) is 6.17. The number of hydrogen-bond donors (Lipinski definition) is 2. The molecule has 1 aromatic carbocycles. The number of aryl methyl sites for hydroxylation is 4. The quantitative estimate of drug-likeness (QED) is 0.654. The summed E-state index contributed by atoms with van der Waals surface area (Å²) < 4.78 is 0. The average molecular weight is 316 g/mol. The van der Waals surface area contributed by atoms with Crippen LogP contribution in [0.3, 0.4) is 0 Å². The summed E-state index contributed by atoms with van der Waals surface area (Å²) in [7, 11) is 0. The van der Waals surface area contributed by atoms with Gasteiger partial charge in [-0.25, -0.2) is 4.98 Å². The molecule has 118 valence electrons. The van der Waals surface area contributed by atoms with E-state index < -0.39 is 0 Å². The maximum atomic E-state index is 5.94. The van der Waals surface area contributed by atoms with Crippen LogP contribution in [0, 0.1) is 20.8 Å². The fraction of sp³-hybridized carbons (Fsp3) is 0.412. The summed E-state index contributed by atoms with van der Waals surface area (Å²) in [6.07, 6.45) is 1.82. The number of aliphatic imine (C=N–C) groups is 1. The third-order valence-corrected chi connectivity index (χ3v) is 4.73. The normalized spacial score (nSPS) is 11.7. The van der Waals surface area contributed by atoms with E-state index in [-0.39, 0.29) is 0 Å². The Hall–Kier alpha value is -1.88. The van der Waals surface area contributed by atoms with Crippen molar-refractivity contribution in [1.29, 1.82) is 0 Å². The van der Waals surface area contributed by atoms with Crippen molar-refractivity contribution < 1.29 is 0 Å². The van der Waals surface area contributed by atoms with Gasteiger partial charge in [0.1, 0.15) is 0 Å². The molecule has 1 heterocycles. The molecule has 1 aromatic heterocycles. The van der Waals surface area contributed by atoms with Crippen molar-refractivity contribution in [2.24, 2.45) is 10.7 Å². The van der Waals surface area contributed by atoms with E-state index in [1.54, 1.807) is 11.3 Å². The lowest BCUT2D eigenvalue weighted by Crippen LogP contribution is -2.23. The van der Waals surface area contributed by atoms with Gasteiger partial charge < -0.3 is 11.1 Å². The van der Waals surface area contributed by atoms with Gasteiger partial charge in [0, 0.05) is 23.5 Å². The average Bonchev–Trinajstić information content (AvgIpc) is 2.83. The highest BCUT2D eigenvalue weighted by molar-refractivity contribution is 7.11. The van der Waals surface area contributed by atoms with Crippen molar-refractivity contribution in [3.05, 3.63) is 44.9 Å². The summed E-state index contributed by atoms with van der Waals surface area (Å²) in [6.45, 7) is 9.09. The Morgan fingerprint density at radius 1 is 1.27 bits per heavy atom. The van der Waals surface area contributed by atoms with Crippen LogP contribution < -0.4 is 11.1 Å². The Labute approximate surface area is 136 Å². The summed E-state index contributed by atoms with van der Waals surface area (Å²) in [5.74, 6) is 0.451. The van der Waals surface area contributed by atoms with Crippen LogP contribution in [0.1, 0.15) is 33.6 Å². The molecule has 3 N–H and O–H groups in total. The fourth-order valence-electron chi connectivity index (χ4n) is 2.20. The minimum Gasteiger partial charge on any atom is -0.370 e. The first kappa shape index (κ1) is 16.5. The molecule has 0 amide bonds. The van der Waals surface area contributed by atoms with Gasteiger partial charge in [0.05, 0.1) is 10.7 Å². The van der Waals surface area contributed by atoms with Crippen molar-refractivity contribution in [2.45, 2.75) is 40.5 Å². The van der Waals surface area contributed by atoms with E-state index >= 15 is 0 Å². The standard InChI is InChI=1S/C17H24N4S/c1-5-15-13(4)22-16(21-15)8-9-19-17(18)20-14-7-6-11(2)12(3)10-14/h6-7,10H,5,8-9H2,1-4H3,(H3,18,19,20). The zero-order chi connectivity index (χ0) is 16.1. The van der Waals surface area contributed by atoms with Crippen LogP contribution in [0.4, 0.5) is 5.69 Å². The number of hydrogen-bond acceptors (Lipinski definition) is 3. The molecule has 0 radical (unpaired) electrons. The van der Waals surface area contributed by atoms with E-state index in [2.05, 4.69) is 55.1 Å². The molecule has 2 aromatic rings. The van der Waals surface area contributed by atoms with Gasteiger partial charge in [-0.3, -0.25) is 4.99 Å². The molecule has 0 aliphatic rings. The number of benzene rings is 1. The maximum absolute atomic E-state index is 5.94. The first-order chi connectivity index (χ1) is 10.5. The molecule has 0 unspecified atom stereocenters. The third kappa shape index (κ3) is 4.31. The number of aromatic nitrogens is 1. The van der Waals surface area contributed by atoms with Crippen LogP contribution >= 0.6 is 11.3 Å². The lowest BCUT2D eigenvalue weighted by Gasteiger charge is -2.07. The van der Waals surface area contributed by atoms with E-state index in [0.717, 1.165) is 23.5 Å². The number of rotatable bonds is 5. The van der Waals surface area contributed by atoms with Crippen LogP contribution in [0.25, 0.3) is 0 Å². The van der Waals surface area contributed by atoms with Crippen molar-refractivity contribution in [3.8, 4) is 0 Å². The monoisotopic (exact) mass is 316 g/mol. The molecule has 0 atom stereocenters. The molecule has 0 aliphatic heterocycles. The van der Waals surface area contributed by atoms with Crippen LogP contribution in [-0.2, 0) is 12.8 Å². The number of guanidine groups is 1. The Bertz CT molecular complexity index is 673. The molecule has 0 aliphatic carbocycles. The van der Waals surface area contributed by atoms with Gasteiger partial charge in [-0.2, -0.15) is 0 Å². The molecule has 0 saturated heterocycles. The Morgan fingerprint density at radius 2 is 2.05 bits per heavy atom. The first-order valence-electron chi connectivity index (χ1n) is 7.59. The predicted molar refractivity (Wildman–Crippen MR) is 96.0 cm³/mol. The Balaban J connectivity index is 1.90. The van der Waals surface area contributed by atoms with Gasteiger partial charge in [-0.1, -0.05) is 13.0 Å². The fourth-order valence-corrected chi connectivity index (χ4v) is 3.21. The lowest BCUT2D eigenvalue weighted by atomic mass is 10.1. The van der Waals surface area contributed by atoms with Gasteiger partial charge in [-0.15, -0.1) is 11.3 Å². The number of nitrogens with two attached hydrogens (primary N) is 1. The minimum atomic E-state index is 0.451. The van der Waals surface area contributed by atoms with Crippen LogP contribution in [0.2, 0.25) is 0 Å². The number of nitrogens with one attached hydrogen (secondary N) is 1. The molecular formula is C17H24N4S. The van der Waals surface area contributed by atoms with Crippen molar-refractivity contribution in [2.75, 3.05) is 11.9 Å². The molecule has 4 nitrogen and oxygen atoms in total. The molecular weight excluding hydrogens is 292 g/mol. The van der Waals surface area contributed by atoms with Crippen LogP contribution in [0.5, 0.6) is 0 Å². The highest BCUT2D eigenvalue weighted by atomic mass is 32.1. The van der Waals surface area contributed by atoms with Gasteiger partial charge in [0.25, 0.3) is 0 Å². The Morgan fingerprint density at radius 3 is 2.68 bits per heavy atom. The Kier molecular flexibility index (Phi) is 5.55. The van der Waals surface area contributed by atoms with E-state index in [9.17, 15) is 0 Å². The van der Waals surface area contributed by atoms with Gasteiger partial charge in [0.15, 0.2) is 5.96 Å². The molecule has 5 heteroatoms.